The summed E-state index contributed by atoms with van der Waals surface area (Å²) in [5, 5.41) is 19.3. The van der Waals surface area contributed by atoms with Crippen molar-refractivity contribution in [2.45, 2.75) is 25.3 Å². The maximum atomic E-state index is 10.8. The van der Waals surface area contributed by atoms with Crippen molar-refractivity contribution in [1.29, 1.82) is 0 Å². The number of carboxylic acids is 1. The molecule has 0 aliphatic heterocycles. The van der Waals surface area contributed by atoms with Gasteiger partial charge in [-0.2, -0.15) is 0 Å². The van der Waals surface area contributed by atoms with Gasteiger partial charge in [0.15, 0.2) is 0 Å². The summed E-state index contributed by atoms with van der Waals surface area (Å²) in [6.45, 7) is 1.83. The summed E-state index contributed by atoms with van der Waals surface area (Å²) in [7, 11) is 0. The standard InChI is InChI=1S/C11H14N2O4.ClH/c1-2-9(10(12)11(14)15)7-3-5-8(6-4-7)13(16)17;/h3-6,9-10H,2,12H2,1H3,(H,14,15);1H. The number of rotatable bonds is 5. The topological polar surface area (TPSA) is 106 Å². The molecule has 0 radical (unpaired) electrons. The number of hydrogen-bond acceptors (Lipinski definition) is 4. The summed E-state index contributed by atoms with van der Waals surface area (Å²) in [4.78, 5) is 20.8. The van der Waals surface area contributed by atoms with Crippen LogP contribution in [0, 0.1) is 10.1 Å². The first-order chi connectivity index (χ1) is 7.97. The van der Waals surface area contributed by atoms with Crippen LogP contribution in [0.3, 0.4) is 0 Å². The molecule has 0 heterocycles. The Morgan fingerprint density at radius 3 is 2.28 bits per heavy atom. The number of nitro benzene ring substituents is 1. The molecular weight excluding hydrogens is 260 g/mol. The Morgan fingerprint density at radius 1 is 1.44 bits per heavy atom. The normalized spacial score (nSPS) is 13.2. The molecule has 0 aliphatic rings. The van der Waals surface area contributed by atoms with Crippen LogP contribution in [0.5, 0.6) is 0 Å². The van der Waals surface area contributed by atoms with Gasteiger partial charge in [-0.3, -0.25) is 14.9 Å². The molecule has 0 bridgehead atoms. The molecule has 0 fully saturated rings. The Labute approximate surface area is 110 Å². The summed E-state index contributed by atoms with van der Waals surface area (Å²) in [6.07, 6.45) is 0.561. The lowest BCUT2D eigenvalue weighted by atomic mass is 9.89. The number of non-ortho nitro benzene ring substituents is 1. The Hall–Kier alpha value is -1.66. The van der Waals surface area contributed by atoms with Crippen molar-refractivity contribution in [2.75, 3.05) is 0 Å². The maximum Gasteiger partial charge on any atom is 0.321 e. The molecular formula is C11H15ClN2O4. The fraction of sp³-hybridized carbons (Fsp3) is 0.364. The number of nitrogens with zero attached hydrogens (tertiary/aromatic N) is 1. The molecule has 7 heteroatoms. The molecule has 2 unspecified atom stereocenters. The highest BCUT2D eigenvalue weighted by Crippen LogP contribution is 2.24. The maximum absolute atomic E-state index is 10.8. The van der Waals surface area contributed by atoms with Crippen LogP contribution in [0.4, 0.5) is 5.69 Å². The number of benzene rings is 1. The molecule has 1 aromatic rings. The molecule has 0 saturated heterocycles. The minimum absolute atomic E-state index is 0. The lowest BCUT2D eigenvalue weighted by Crippen LogP contribution is -2.36. The Bertz CT molecular complexity index is 422. The van der Waals surface area contributed by atoms with Crippen LogP contribution in [-0.4, -0.2) is 22.0 Å². The second-order valence-corrected chi connectivity index (χ2v) is 3.73. The lowest BCUT2D eigenvalue weighted by Gasteiger charge is -2.19. The highest BCUT2D eigenvalue weighted by atomic mass is 35.5. The molecule has 100 valence electrons. The molecule has 0 amide bonds. The highest BCUT2D eigenvalue weighted by molar-refractivity contribution is 5.85. The van der Waals surface area contributed by atoms with Gasteiger partial charge < -0.3 is 10.8 Å². The third-order valence-electron chi connectivity index (χ3n) is 2.69. The van der Waals surface area contributed by atoms with Crippen molar-refractivity contribution >= 4 is 24.1 Å². The van der Waals surface area contributed by atoms with Gasteiger partial charge in [-0.15, -0.1) is 12.4 Å². The van der Waals surface area contributed by atoms with Crippen molar-refractivity contribution in [2.24, 2.45) is 5.73 Å². The first kappa shape index (κ1) is 16.3. The highest BCUT2D eigenvalue weighted by Gasteiger charge is 2.24. The van der Waals surface area contributed by atoms with E-state index in [0.29, 0.717) is 12.0 Å². The molecule has 3 N–H and O–H groups in total. The van der Waals surface area contributed by atoms with Crippen LogP contribution in [0.2, 0.25) is 0 Å². The van der Waals surface area contributed by atoms with Crippen molar-refractivity contribution < 1.29 is 14.8 Å². The Balaban J connectivity index is 0.00000289. The van der Waals surface area contributed by atoms with Crippen molar-refractivity contribution in [3.8, 4) is 0 Å². The zero-order valence-corrected chi connectivity index (χ0v) is 10.6. The summed E-state index contributed by atoms with van der Waals surface area (Å²) in [5.74, 6) is -1.41. The van der Waals surface area contributed by atoms with Gasteiger partial charge >= 0.3 is 5.97 Å². The molecule has 1 aromatic carbocycles. The van der Waals surface area contributed by atoms with E-state index in [4.69, 9.17) is 10.8 Å². The molecule has 18 heavy (non-hydrogen) atoms. The van der Waals surface area contributed by atoms with E-state index in [9.17, 15) is 14.9 Å². The van der Waals surface area contributed by atoms with Gasteiger partial charge in [0, 0.05) is 18.1 Å². The van der Waals surface area contributed by atoms with Gasteiger partial charge in [0.05, 0.1) is 4.92 Å². The molecule has 0 saturated carbocycles. The molecule has 0 spiro atoms. The fourth-order valence-electron chi connectivity index (χ4n) is 1.71. The number of aliphatic carboxylic acids is 1. The number of carboxylic acid groups (broad SMARTS) is 1. The molecule has 6 nitrogen and oxygen atoms in total. The predicted molar refractivity (Wildman–Crippen MR) is 69.0 cm³/mol. The minimum Gasteiger partial charge on any atom is -0.480 e. The largest absolute Gasteiger partial charge is 0.480 e. The smallest absolute Gasteiger partial charge is 0.321 e. The van der Waals surface area contributed by atoms with Gasteiger partial charge in [-0.25, -0.2) is 0 Å². The number of carbonyl (C=O) groups is 1. The van der Waals surface area contributed by atoms with Crippen LogP contribution in [-0.2, 0) is 4.79 Å². The Morgan fingerprint density at radius 2 is 1.94 bits per heavy atom. The van der Waals surface area contributed by atoms with Gasteiger partial charge in [0.1, 0.15) is 6.04 Å². The average Bonchev–Trinajstić information content (AvgIpc) is 2.30. The van der Waals surface area contributed by atoms with Gasteiger partial charge in [0.2, 0.25) is 0 Å². The summed E-state index contributed by atoms with van der Waals surface area (Å²) in [6, 6.07) is 4.81. The van der Waals surface area contributed by atoms with E-state index in [1.807, 2.05) is 6.92 Å². The lowest BCUT2D eigenvalue weighted by molar-refractivity contribution is -0.384. The van der Waals surface area contributed by atoms with E-state index in [-0.39, 0.29) is 24.0 Å². The number of nitro groups is 1. The third-order valence-corrected chi connectivity index (χ3v) is 2.69. The summed E-state index contributed by atoms with van der Waals surface area (Å²) < 4.78 is 0. The van der Waals surface area contributed by atoms with Gasteiger partial charge in [0.25, 0.3) is 5.69 Å². The van der Waals surface area contributed by atoms with Crippen LogP contribution >= 0.6 is 12.4 Å². The number of halogens is 1. The van der Waals surface area contributed by atoms with Crippen LogP contribution < -0.4 is 5.73 Å². The SMILES string of the molecule is CCC(c1ccc([N+](=O)[O-])cc1)C(N)C(=O)O.Cl. The van der Waals surface area contributed by atoms with Crippen molar-refractivity contribution in [1.82, 2.24) is 0 Å². The average molecular weight is 275 g/mol. The van der Waals surface area contributed by atoms with E-state index in [1.165, 1.54) is 12.1 Å². The second kappa shape index (κ2) is 6.93. The first-order valence-corrected chi connectivity index (χ1v) is 5.20. The monoisotopic (exact) mass is 274 g/mol. The minimum atomic E-state index is -1.07. The van der Waals surface area contributed by atoms with Gasteiger partial charge in [-0.1, -0.05) is 19.1 Å². The van der Waals surface area contributed by atoms with E-state index in [1.54, 1.807) is 12.1 Å². The van der Waals surface area contributed by atoms with Crippen LogP contribution in [0.25, 0.3) is 0 Å². The second-order valence-electron chi connectivity index (χ2n) is 3.73. The zero-order chi connectivity index (χ0) is 13.0. The van der Waals surface area contributed by atoms with Crippen LogP contribution in [0.1, 0.15) is 24.8 Å². The first-order valence-electron chi connectivity index (χ1n) is 5.20. The van der Waals surface area contributed by atoms with Crippen LogP contribution in [0.15, 0.2) is 24.3 Å². The molecule has 2 atom stereocenters. The van der Waals surface area contributed by atoms with E-state index < -0.39 is 16.9 Å². The van der Waals surface area contributed by atoms with E-state index in [0.717, 1.165) is 0 Å². The van der Waals surface area contributed by atoms with Crippen molar-refractivity contribution in [3.63, 3.8) is 0 Å². The van der Waals surface area contributed by atoms with E-state index in [2.05, 4.69) is 0 Å². The number of hydrogen-bond donors (Lipinski definition) is 2. The predicted octanol–water partition coefficient (Wildman–Crippen LogP) is 1.92. The molecule has 1 rings (SSSR count). The summed E-state index contributed by atoms with van der Waals surface area (Å²) >= 11 is 0. The van der Waals surface area contributed by atoms with Gasteiger partial charge in [-0.05, 0) is 12.0 Å². The zero-order valence-electron chi connectivity index (χ0n) is 9.78. The Kier molecular flexibility index (Phi) is 6.29. The van der Waals surface area contributed by atoms with E-state index >= 15 is 0 Å². The number of nitrogens with two attached hydrogens (primary N) is 1. The molecule has 0 aromatic heterocycles. The third kappa shape index (κ3) is 3.68. The molecule has 0 aliphatic carbocycles. The summed E-state index contributed by atoms with van der Waals surface area (Å²) in [5.41, 5.74) is 6.25. The fourth-order valence-corrected chi connectivity index (χ4v) is 1.71. The quantitative estimate of drug-likeness (QED) is 0.630. The van der Waals surface area contributed by atoms with Crippen molar-refractivity contribution in [3.05, 3.63) is 39.9 Å².